The summed E-state index contributed by atoms with van der Waals surface area (Å²) in [5, 5.41) is 9.45. The molecule has 1 N–H and O–H groups in total. The number of hydrogen-bond donors (Lipinski definition) is 1. The number of imidazole rings is 1. The number of aliphatic carboxylic acids is 1. The highest BCUT2D eigenvalue weighted by Crippen LogP contribution is 2.38. The summed E-state index contributed by atoms with van der Waals surface area (Å²) in [5.41, 5.74) is 0.771. The fourth-order valence-corrected chi connectivity index (χ4v) is 2.85. The van der Waals surface area contributed by atoms with Gasteiger partial charge in [-0.15, -0.1) is 0 Å². The predicted octanol–water partition coefficient (Wildman–Crippen LogP) is 2.35. The Kier molecular flexibility index (Phi) is 2.70. The first kappa shape index (κ1) is 11.5. The van der Waals surface area contributed by atoms with Crippen molar-refractivity contribution in [2.75, 3.05) is 0 Å². The molecule has 1 aliphatic rings. The first-order chi connectivity index (χ1) is 8.66. The van der Waals surface area contributed by atoms with Gasteiger partial charge < -0.3 is 5.11 Å². The van der Waals surface area contributed by atoms with Crippen LogP contribution in [0.4, 0.5) is 0 Å². The standard InChI is InChI=1S/C12H12ClN3O2/c13-10-9-6-15-11(16(9)4-3-14-10)7-1-2-8(5-7)12(17)18/h3-4,6-8H,1-2,5H2,(H,17,18). The minimum absolute atomic E-state index is 0.187. The van der Waals surface area contributed by atoms with Crippen LogP contribution in [0.25, 0.3) is 5.52 Å². The molecule has 2 atom stereocenters. The van der Waals surface area contributed by atoms with E-state index in [0.29, 0.717) is 18.0 Å². The molecule has 0 aliphatic heterocycles. The molecule has 1 aliphatic carbocycles. The van der Waals surface area contributed by atoms with Crippen molar-refractivity contribution in [1.29, 1.82) is 0 Å². The van der Waals surface area contributed by atoms with Crippen LogP contribution < -0.4 is 0 Å². The van der Waals surface area contributed by atoms with E-state index < -0.39 is 5.97 Å². The number of hydrogen-bond acceptors (Lipinski definition) is 3. The van der Waals surface area contributed by atoms with Gasteiger partial charge in [-0.25, -0.2) is 9.97 Å². The molecule has 5 nitrogen and oxygen atoms in total. The predicted molar refractivity (Wildman–Crippen MR) is 65.7 cm³/mol. The third-order valence-corrected chi connectivity index (χ3v) is 3.88. The summed E-state index contributed by atoms with van der Waals surface area (Å²) < 4.78 is 1.91. The second-order valence-electron chi connectivity index (χ2n) is 4.63. The smallest absolute Gasteiger partial charge is 0.306 e. The highest BCUT2D eigenvalue weighted by Gasteiger charge is 2.32. The van der Waals surface area contributed by atoms with E-state index in [-0.39, 0.29) is 11.8 Å². The van der Waals surface area contributed by atoms with Crippen molar-refractivity contribution in [2.24, 2.45) is 5.92 Å². The van der Waals surface area contributed by atoms with Gasteiger partial charge in [0.15, 0.2) is 5.15 Å². The minimum atomic E-state index is -0.710. The maximum absolute atomic E-state index is 11.0. The van der Waals surface area contributed by atoms with Gasteiger partial charge in [0, 0.05) is 18.3 Å². The average Bonchev–Trinajstić information content (AvgIpc) is 2.94. The monoisotopic (exact) mass is 265 g/mol. The molecular weight excluding hydrogens is 254 g/mol. The molecule has 0 aromatic carbocycles. The minimum Gasteiger partial charge on any atom is -0.481 e. The molecule has 1 fully saturated rings. The van der Waals surface area contributed by atoms with Gasteiger partial charge in [-0.1, -0.05) is 11.6 Å². The summed E-state index contributed by atoms with van der Waals surface area (Å²) in [6.45, 7) is 0. The van der Waals surface area contributed by atoms with Gasteiger partial charge in [-0.05, 0) is 19.3 Å². The second-order valence-corrected chi connectivity index (χ2v) is 4.99. The zero-order valence-corrected chi connectivity index (χ0v) is 10.3. The van der Waals surface area contributed by atoms with Crippen molar-refractivity contribution < 1.29 is 9.90 Å². The third-order valence-electron chi connectivity index (χ3n) is 3.59. The molecule has 6 heteroatoms. The zero-order valence-electron chi connectivity index (χ0n) is 9.58. The second kappa shape index (κ2) is 4.24. The number of rotatable bonds is 2. The maximum Gasteiger partial charge on any atom is 0.306 e. The van der Waals surface area contributed by atoms with Gasteiger partial charge in [0.1, 0.15) is 11.3 Å². The molecule has 1 saturated carbocycles. The SMILES string of the molecule is O=C(O)C1CCC(c2ncc3c(Cl)nccn23)C1. The summed E-state index contributed by atoms with van der Waals surface area (Å²) in [5.74, 6) is 0.114. The van der Waals surface area contributed by atoms with E-state index in [2.05, 4.69) is 9.97 Å². The van der Waals surface area contributed by atoms with E-state index in [9.17, 15) is 4.79 Å². The lowest BCUT2D eigenvalue weighted by atomic mass is 10.0. The van der Waals surface area contributed by atoms with Crippen molar-refractivity contribution in [3.8, 4) is 0 Å². The van der Waals surface area contributed by atoms with Crippen LogP contribution in [0, 0.1) is 5.92 Å². The van der Waals surface area contributed by atoms with Gasteiger partial charge in [0.2, 0.25) is 0 Å². The number of aromatic nitrogens is 3. The summed E-state index contributed by atoms with van der Waals surface area (Å²) in [6, 6.07) is 0. The molecule has 0 bridgehead atoms. The molecule has 3 rings (SSSR count). The Morgan fingerprint density at radius 1 is 1.44 bits per heavy atom. The van der Waals surface area contributed by atoms with E-state index in [4.69, 9.17) is 16.7 Å². The highest BCUT2D eigenvalue weighted by molar-refractivity contribution is 6.32. The van der Waals surface area contributed by atoms with E-state index in [1.54, 1.807) is 12.4 Å². The molecule has 18 heavy (non-hydrogen) atoms. The summed E-state index contributed by atoms with van der Waals surface area (Å²) in [4.78, 5) is 19.4. The maximum atomic E-state index is 11.0. The van der Waals surface area contributed by atoms with Crippen molar-refractivity contribution in [2.45, 2.75) is 25.2 Å². The van der Waals surface area contributed by atoms with Gasteiger partial charge in [0.05, 0.1) is 12.1 Å². The lowest BCUT2D eigenvalue weighted by Crippen LogP contribution is -2.10. The molecule has 0 radical (unpaired) electrons. The Hall–Kier alpha value is -1.62. The number of carbonyl (C=O) groups is 1. The number of nitrogens with zero attached hydrogens (tertiary/aromatic N) is 3. The van der Waals surface area contributed by atoms with Gasteiger partial charge in [0.25, 0.3) is 0 Å². The molecule has 0 amide bonds. The molecule has 2 aromatic rings. The molecule has 2 aromatic heterocycles. The highest BCUT2D eigenvalue weighted by atomic mass is 35.5. The van der Waals surface area contributed by atoms with E-state index in [1.807, 2.05) is 10.6 Å². The summed E-state index contributed by atoms with van der Waals surface area (Å²) >= 11 is 5.99. The molecular formula is C12H12ClN3O2. The fraction of sp³-hybridized carbons (Fsp3) is 0.417. The molecule has 2 heterocycles. The molecule has 2 unspecified atom stereocenters. The van der Waals surface area contributed by atoms with Crippen LogP contribution in [-0.2, 0) is 4.79 Å². The largest absolute Gasteiger partial charge is 0.481 e. The lowest BCUT2D eigenvalue weighted by Gasteiger charge is -2.08. The number of carboxylic acid groups (broad SMARTS) is 1. The van der Waals surface area contributed by atoms with Gasteiger partial charge in [-0.3, -0.25) is 9.20 Å². The summed E-state index contributed by atoms with van der Waals surface area (Å²) in [6.07, 6.45) is 7.36. The van der Waals surface area contributed by atoms with Crippen LogP contribution in [-0.4, -0.2) is 25.4 Å². The van der Waals surface area contributed by atoms with Crippen molar-refractivity contribution in [1.82, 2.24) is 14.4 Å². The molecule has 0 spiro atoms. The third kappa shape index (κ3) is 1.75. The normalized spacial score (nSPS) is 23.6. The average molecular weight is 266 g/mol. The first-order valence-corrected chi connectivity index (χ1v) is 6.25. The Bertz CT molecular complexity index is 610. The molecule has 94 valence electrons. The van der Waals surface area contributed by atoms with Crippen LogP contribution in [0.2, 0.25) is 5.15 Å². The van der Waals surface area contributed by atoms with Gasteiger partial charge >= 0.3 is 5.97 Å². The Labute approximate surface area is 108 Å². The Morgan fingerprint density at radius 2 is 2.28 bits per heavy atom. The quantitative estimate of drug-likeness (QED) is 0.905. The lowest BCUT2D eigenvalue weighted by molar-refractivity contribution is -0.141. The van der Waals surface area contributed by atoms with Crippen LogP contribution in [0.15, 0.2) is 18.6 Å². The summed E-state index contributed by atoms with van der Waals surface area (Å²) in [7, 11) is 0. The molecule has 0 saturated heterocycles. The number of halogens is 1. The fourth-order valence-electron chi connectivity index (χ4n) is 2.66. The van der Waals surface area contributed by atoms with Crippen LogP contribution in [0.5, 0.6) is 0 Å². The van der Waals surface area contributed by atoms with Crippen molar-refractivity contribution in [3.05, 3.63) is 29.6 Å². The van der Waals surface area contributed by atoms with Crippen LogP contribution >= 0.6 is 11.6 Å². The van der Waals surface area contributed by atoms with E-state index in [0.717, 1.165) is 17.8 Å². The van der Waals surface area contributed by atoms with Gasteiger partial charge in [-0.2, -0.15) is 0 Å². The van der Waals surface area contributed by atoms with E-state index in [1.165, 1.54) is 0 Å². The van der Waals surface area contributed by atoms with Crippen LogP contribution in [0.3, 0.4) is 0 Å². The number of carboxylic acids is 1. The van der Waals surface area contributed by atoms with E-state index >= 15 is 0 Å². The zero-order chi connectivity index (χ0) is 12.7. The first-order valence-electron chi connectivity index (χ1n) is 5.87. The van der Waals surface area contributed by atoms with Crippen molar-refractivity contribution in [3.63, 3.8) is 0 Å². The Morgan fingerprint density at radius 3 is 3.00 bits per heavy atom. The van der Waals surface area contributed by atoms with Crippen LogP contribution in [0.1, 0.15) is 31.0 Å². The van der Waals surface area contributed by atoms with Crippen molar-refractivity contribution >= 4 is 23.1 Å². The number of fused-ring (bicyclic) bond motifs is 1. The topological polar surface area (TPSA) is 67.5 Å². The Balaban J connectivity index is 1.96.